The minimum Gasteiger partial charge on any atom is -0.496 e. The lowest BCUT2D eigenvalue weighted by molar-refractivity contribution is 0.408. The van der Waals surface area contributed by atoms with Crippen LogP contribution in [0.4, 0.5) is 0 Å². The molecule has 0 spiro atoms. The van der Waals surface area contributed by atoms with Crippen molar-refractivity contribution in [2.24, 2.45) is 0 Å². The summed E-state index contributed by atoms with van der Waals surface area (Å²) in [7, 11) is 1.71. The van der Waals surface area contributed by atoms with Crippen LogP contribution in [0.2, 0.25) is 0 Å². The zero-order chi connectivity index (χ0) is 15.4. The fourth-order valence-corrected chi connectivity index (χ4v) is 2.37. The highest BCUT2D eigenvalue weighted by Crippen LogP contribution is 2.29. The highest BCUT2D eigenvalue weighted by Gasteiger charge is 2.11. The van der Waals surface area contributed by atoms with Crippen LogP contribution in [0.5, 0.6) is 5.75 Å². The molecule has 0 saturated carbocycles. The molecule has 0 aliphatic rings. The maximum absolute atomic E-state index is 5.45. The lowest BCUT2D eigenvalue weighted by Crippen LogP contribution is -2.12. The van der Waals surface area contributed by atoms with Crippen molar-refractivity contribution < 1.29 is 4.74 Å². The van der Waals surface area contributed by atoms with Crippen LogP contribution in [-0.4, -0.2) is 23.4 Å². The molecule has 1 heterocycles. The molecule has 0 amide bonds. The third-order valence-electron chi connectivity index (χ3n) is 3.60. The van der Waals surface area contributed by atoms with Gasteiger partial charge in [0.2, 0.25) is 0 Å². The molecule has 21 heavy (non-hydrogen) atoms. The molecule has 0 fully saturated rings. The van der Waals surface area contributed by atoms with Gasteiger partial charge in [0.05, 0.1) is 12.8 Å². The second-order valence-corrected chi connectivity index (χ2v) is 5.51. The van der Waals surface area contributed by atoms with E-state index in [1.807, 2.05) is 10.7 Å². The van der Waals surface area contributed by atoms with Gasteiger partial charge in [-0.1, -0.05) is 13.0 Å². The van der Waals surface area contributed by atoms with Gasteiger partial charge in [0.15, 0.2) is 0 Å². The van der Waals surface area contributed by atoms with E-state index in [0.717, 1.165) is 24.5 Å². The van der Waals surface area contributed by atoms with Crippen LogP contribution in [0, 0.1) is 6.92 Å². The molecule has 0 aliphatic heterocycles. The summed E-state index contributed by atoms with van der Waals surface area (Å²) in [6.45, 7) is 10.2. The lowest BCUT2D eigenvalue weighted by Gasteiger charge is -2.11. The van der Waals surface area contributed by atoms with E-state index in [4.69, 9.17) is 4.74 Å². The molecule has 0 bridgehead atoms. The van der Waals surface area contributed by atoms with Crippen LogP contribution in [-0.2, 0) is 6.54 Å². The molecule has 1 aromatic carbocycles. The van der Waals surface area contributed by atoms with Crippen LogP contribution >= 0.6 is 0 Å². The Morgan fingerprint density at radius 1 is 1.33 bits per heavy atom. The quantitative estimate of drug-likeness (QED) is 0.883. The van der Waals surface area contributed by atoms with Crippen molar-refractivity contribution in [3.8, 4) is 16.9 Å². The summed E-state index contributed by atoms with van der Waals surface area (Å²) in [5.41, 5.74) is 4.61. The fraction of sp³-hybridized carbons (Fsp3) is 0.471. The number of rotatable bonds is 6. The van der Waals surface area contributed by atoms with Gasteiger partial charge >= 0.3 is 0 Å². The van der Waals surface area contributed by atoms with Gasteiger partial charge in [-0.05, 0) is 45.0 Å². The van der Waals surface area contributed by atoms with Crippen molar-refractivity contribution >= 4 is 0 Å². The van der Waals surface area contributed by atoms with Gasteiger partial charge < -0.3 is 10.1 Å². The van der Waals surface area contributed by atoms with Crippen molar-refractivity contribution in [2.75, 3.05) is 13.7 Å². The van der Waals surface area contributed by atoms with Gasteiger partial charge in [0.25, 0.3) is 0 Å². The summed E-state index contributed by atoms with van der Waals surface area (Å²) < 4.78 is 7.46. The molecule has 114 valence electrons. The van der Waals surface area contributed by atoms with Crippen LogP contribution in [0.3, 0.4) is 0 Å². The molecule has 4 heteroatoms. The molecule has 2 aromatic rings. The summed E-state index contributed by atoms with van der Waals surface area (Å²) >= 11 is 0. The Kier molecular flexibility index (Phi) is 5.02. The van der Waals surface area contributed by atoms with E-state index >= 15 is 0 Å². The number of nitrogens with zero attached hydrogens (tertiary/aromatic N) is 2. The van der Waals surface area contributed by atoms with Crippen molar-refractivity contribution in [2.45, 2.75) is 40.3 Å². The third-order valence-corrected chi connectivity index (χ3v) is 3.60. The van der Waals surface area contributed by atoms with Gasteiger partial charge in [-0.3, -0.25) is 4.68 Å². The molecular formula is C17H25N3O. The molecule has 0 unspecified atom stereocenters. The molecule has 2 rings (SSSR count). The Balaban J connectivity index is 2.39. The Hall–Kier alpha value is -1.81. The normalized spacial score (nSPS) is 11.1. The second kappa shape index (κ2) is 6.76. The van der Waals surface area contributed by atoms with Gasteiger partial charge in [-0.15, -0.1) is 0 Å². The van der Waals surface area contributed by atoms with Gasteiger partial charge in [0, 0.05) is 29.9 Å². The predicted molar refractivity (Wildman–Crippen MR) is 86.7 cm³/mol. The summed E-state index contributed by atoms with van der Waals surface area (Å²) in [5.74, 6) is 0.925. The first-order chi connectivity index (χ1) is 10.1. The van der Waals surface area contributed by atoms with E-state index in [9.17, 15) is 0 Å². The number of methoxy groups -OCH3 is 1. The first kappa shape index (κ1) is 15.6. The number of hydrogen-bond acceptors (Lipinski definition) is 3. The maximum atomic E-state index is 5.45. The highest BCUT2D eigenvalue weighted by molar-refractivity contribution is 5.67. The van der Waals surface area contributed by atoms with E-state index in [0.29, 0.717) is 6.04 Å². The highest BCUT2D eigenvalue weighted by atomic mass is 16.5. The van der Waals surface area contributed by atoms with Crippen LogP contribution in [0.15, 0.2) is 24.4 Å². The molecule has 0 aliphatic carbocycles. The molecule has 1 N–H and O–H groups in total. The SMILES string of the molecule is CCNCc1cc(-c2cn(C(C)C)nc2C)ccc1OC. The minimum absolute atomic E-state index is 0.372. The fourth-order valence-electron chi connectivity index (χ4n) is 2.37. The Morgan fingerprint density at radius 3 is 2.67 bits per heavy atom. The third kappa shape index (κ3) is 3.45. The topological polar surface area (TPSA) is 39.1 Å². The largest absolute Gasteiger partial charge is 0.496 e. The average molecular weight is 287 g/mol. The van der Waals surface area contributed by atoms with Gasteiger partial charge in [0.1, 0.15) is 5.75 Å². The number of benzene rings is 1. The van der Waals surface area contributed by atoms with Crippen molar-refractivity contribution in [1.82, 2.24) is 15.1 Å². The number of nitrogens with one attached hydrogen (secondary N) is 1. The number of hydrogen-bond donors (Lipinski definition) is 1. The van der Waals surface area contributed by atoms with E-state index in [-0.39, 0.29) is 0 Å². The molecule has 0 saturated heterocycles. The van der Waals surface area contributed by atoms with E-state index < -0.39 is 0 Å². The number of ether oxygens (including phenoxy) is 1. The van der Waals surface area contributed by atoms with Gasteiger partial charge in [-0.2, -0.15) is 5.10 Å². The average Bonchev–Trinajstić information content (AvgIpc) is 2.87. The molecule has 1 aromatic heterocycles. The Labute approximate surface area is 127 Å². The van der Waals surface area contributed by atoms with E-state index in [2.05, 4.69) is 56.4 Å². The van der Waals surface area contributed by atoms with Crippen LogP contribution < -0.4 is 10.1 Å². The van der Waals surface area contributed by atoms with Crippen molar-refractivity contribution in [1.29, 1.82) is 0 Å². The summed E-state index contributed by atoms with van der Waals surface area (Å²) in [4.78, 5) is 0. The zero-order valence-corrected chi connectivity index (χ0v) is 13.6. The van der Waals surface area contributed by atoms with Gasteiger partial charge in [-0.25, -0.2) is 0 Å². The smallest absolute Gasteiger partial charge is 0.123 e. The lowest BCUT2D eigenvalue weighted by atomic mass is 10.0. The predicted octanol–water partition coefficient (Wildman–Crippen LogP) is 3.56. The molecule has 0 atom stereocenters. The monoisotopic (exact) mass is 287 g/mol. The van der Waals surface area contributed by atoms with E-state index in [1.165, 1.54) is 16.7 Å². The maximum Gasteiger partial charge on any atom is 0.123 e. The number of aryl methyl sites for hydroxylation is 1. The van der Waals surface area contributed by atoms with Crippen molar-refractivity contribution in [3.05, 3.63) is 35.7 Å². The Bertz CT molecular complexity index is 602. The first-order valence-corrected chi connectivity index (χ1v) is 7.50. The summed E-state index contributed by atoms with van der Waals surface area (Å²) in [6, 6.07) is 6.70. The standard InChI is InChI=1S/C17H25N3O/c1-6-18-10-15-9-14(7-8-17(15)21-5)16-11-20(12(2)3)19-13(16)4/h7-9,11-12,18H,6,10H2,1-5H3. The second-order valence-electron chi connectivity index (χ2n) is 5.51. The zero-order valence-electron chi connectivity index (χ0n) is 13.6. The molecular weight excluding hydrogens is 262 g/mol. The van der Waals surface area contributed by atoms with Crippen LogP contribution in [0.25, 0.3) is 11.1 Å². The minimum atomic E-state index is 0.372. The summed E-state index contributed by atoms with van der Waals surface area (Å²) in [5, 5.41) is 7.95. The van der Waals surface area contributed by atoms with Crippen molar-refractivity contribution in [3.63, 3.8) is 0 Å². The first-order valence-electron chi connectivity index (χ1n) is 7.50. The Morgan fingerprint density at radius 2 is 2.10 bits per heavy atom. The summed E-state index contributed by atoms with van der Waals surface area (Å²) in [6.07, 6.45) is 2.12. The number of aromatic nitrogens is 2. The van der Waals surface area contributed by atoms with E-state index in [1.54, 1.807) is 7.11 Å². The van der Waals surface area contributed by atoms with Crippen LogP contribution in [0.1, 0.15) is 38.1 Å². The molecule has 0 radical (unpaired) electrons. The molecule has 4 nitrogen and oxygen atoms in total.